The van der Waals surface area contributed by atoms with Crippen LogP contribution in [0.15, 0.2) is 48.9 Å². The maximum Gasteiger partial charge on any atom is 0.171 e. The minimum atomic E-state index is 0.540. The highest BCUT2D eigenvalue weighted by Crippen LogP contribution is 2.13. The Kier molecular flexibility index (Phi) is 5.12. The molecule has 3 aromatic rings. The molecule has 124 valence electrons. The van der Waals surface area contributed by atoms with Gasteiger partial charge in [0.25, 0.3) is 0 Å². The summed E-state index contributed by atoms with van der Waals surface area (Å²) in [7, 11) is 1.90. The van der Waals surface area contributed by atoms with Gasteiger partial charge in [0.15, 0.2) is 5.11 Å². The van der Waals surface area contributed by atoms with Crippen LogP contribution < -0.4 is 10.6 Å². The van der Waals surface area contributed by atoms with Gasteiger partial charge < -0.3 is 10.6 Å². The SMILES string of the molecule is Cn1nccc1CNC(=S)Nc1cnn(Cc2cccc(Cl)c2)c1. The number of rotatable bonds is 5. The Morgan fingerprint density at radius 3 is 2.92 bits per heavy atom. The molecular formula is C16H17ClN6S. The first-order valence-electron chi connectivity index (χ1n) is 7.39. The molecule has 0 bridgehead atoms. The van der Waals surface area contributed by atoms with E-state index < -0.39 is 0 Å². The Bertz CT molecular complexity index is 840. The van der Waals surface area contributed by atoms with Crippen LogP contribution in [0.5, 0.6) is 0 Å². The van der Waals surface area contributed by atoms with Crippen molar-refractivity contribution >= 4 is 34.6 Å². The molecule has 2 heterocycles. The van der Waals surface area contributed by atoms with Crippen LogP contribution in [-0.4, -0.2) is 24.7 Å². The van der Waals surface area contributed by atoms with Crippen molar-refractivity contribution < 1.29 is 0 Å². The second-order valence-electron chi connectivity index (χ2n) is 5.31. The zero-order chi connectivity index (χ0) is 16.9. The van der Waals surface area contributed by atoms with Crippen LogP contribution in [0.4, 0.5) is 5.69 Å². The second-order valence-corrected chi connectivity index (χ2v) is 6.16. The number of halogens is 1. The lowest BCUT2D eigenvalue weighted by Crippen LogP contribution is -2.28. The third kappa shape index (κ3) is 4.33. The van der Waals surface area contributed by atoms with E-state index >= 15 is 0 Å². The number of aromatic nitrogens is 4. The summed E-state index contributed by atoms with van der Waals surface area (Å²) in [5.41, 5.74) is 2.98. The smallest absolute Gasteiger partial charge is 0.171 e. The van der Waals surface area contributed by atoms with Crippen molar-refractivity contribution in [3.8, 4) is 0 Å². The lowest BCUT2D eigenvalue weighted by Gasteiger charge is -2.09. The van der Waals surface area contributed by atoms with Crippen molar-refractivity contribution in [3.05, 3.63) is 65.2 Å². The molecule has 0 atom stereocenters. The minimum Gasteiger partial charge on any atom is -0.357 e. The van der Waals surface area contributed by atoms with E-state index in [1.165, 1.54) is 0 Å². The van der Waals surface area contributed by atoms with Crippen molar-refractivity contribution in [1.82, 2.24) is 24.9 Å². The third-order valence-corrected chi connectivity index (χ3v) is 3.96. The van der Waals surface area contributed by atoms with Gasteiger partial charge in [0.05, 0.1) is 30.7 Å². The summed E-state index contributed by atoms with van der Waals surface area (Å²) in [6.45, 7) is 1.26. The molecule has 0 aliphatic rings. The lowest BCUT2D eigenvalue weighted by molar-refractivity contribution is 0.687. The van der Waals surface area contributed by atoms with E-state index in [4.69, 9.17) is 23.8 Å². The van der Waals surface area contributed by atoms with Crippen molar-refractivity contribution in [3.63, 3.8) is 0 Å². The van der Waals surface area contributed by atoms with E-state index in [0.29, 0.717) is 18.2 Å². The summed E-state index contributed by atoms with van der Waals surface area (Å²) in [5.74, 6) is 0. The fourth-order valence-electron chi connectivity index (χ4n) is 2.26. The molecule has 0 spiro atoms. The number of aryl methyl sites for hydroxylation is 1. The maximum atomic E-state index is 6.00. The summed E-state index contributed by atoms with van der Waals surface area (Å²) in [6.07, 6.45) is 5.40. The Balaban J connectivity index is 1.53. The molecule has 0 saturated heterocycles. The number of nitrogens with zero attached hydrogens (tertiary/aromatic N) is 4. The van der Waals surface area contributed by atoms with Crippen molar-refractivity contribution in [2.24, 2.45) is 7.05 Å². The first-order chi connectivity index (χ1) is 11.6. The van der Waals surface area contributed by atoms with E-state index in [1.807, 2.05) is 48.3 Å². The Hall–Kier alpha value is -2.38. The van der Waals surface area contributed by atoms with Gasteiger partial charge in [-0.05, 0) is 36.0 Å². The fraction of sp³-hybridized carbons (Fsp3) is 0.188. The van der Waals surface area contributed by atoms with Crippen LogP contribution in [0.3, 0.4) is 0 Å². The summed E-state index contributed by atoms with van der Waals surface area (Å²) in [5, 5.41) is 16.0. The molecule has 3 rings (SSSR count). The van der Waals surface area contributed by atoms with Crippen LogP contribution in [-0.2, 0) is 20.1 Å². The van der Waals surface area contributed by atoms with E-state index in [0.717, 1.165) is 22.0 Å². The quantitative estimate of drug-likeness (QED) is 0.685. The Labute approximate surface area is 150 Å². The number of anilines is 1. The van der Waals surface area contributed by atoms with E-state index in [1.54, 1.807) is 17.1 Å². The van der Waals surface area contributed by atoms with E-state index in [-0.39, 0.29) is 0 Å². The van der Waals surface area contributed by atoms with E-state index in [2.05, 4.69) is 20.8 Å². The highest BCUT2D eigenvalue weighted by molar-refractivity contribution is 7.80. The maximum absolute atomic E-state index is 6.00. The van der Waals surface area contributed by atoms with Gasteiger partial charge in [-0.25, -0.2) is 0 Å². The average molecular weight is 361 g/mol. The number of hydrogen-bond donors (Lipinski definition) is 2. The molecule has 24 heavy (non-hydrogen) atoms. The minimum absolute atomic E-state index is 0.540. The van der Waals surface area contributed by atoms with Crippen molar-refractivity contribution in [1.29, 1.82) is 0 Å². The van der Waals surface area contributed by atoms with Crippen LogP contribution in [0.2, 0.25) is 5.02 Å². The van der Waals surface area contributed by atoms with Gasteiger partial charge in [-0.15, -0.1) is 0 Å². The van der Waals surface area contributed by atoms with Crippen LogP contribution in [0.25, 0.3) is 0 Å². The number of thiocarbonyl (C=S) groups is 1. The second kappa shape index (κ2) is 7.46. The Morgan fingerprint density at radius 1 is 1.29 bits per heavy atom. The van der Waals surface area contributed by atoms with Gasteiger partial charge in [-0.1, -0.05) is 23.7 Å². The molecule has 0 amide bonds. The van der Waals surface area contributed by atoms with Crippen LogP contribution in [0, 0.1) is 0 Å². The van der Waals surface area contributed by atoms with Crippen molar-refractivity contribution in [2.75, 3.05) is 5.32 Å². The summed E-state index contributed by atoms with van der Waals surface area (Å²) in [4.78, 5) is 0. The number of hydrogen-bond acceptors (Lipinski definition) is 3. The lowest BCUT2D eigenvalue weighted by atomic mass is 10.2. The summed E-state index contributed by atoms with van der Waals surface area (Å²) >= 11 is 11.3. The largest absolute Gasteiger partial charge is 0.357 e. The van der Waals surface area contributed by atoms with Gasteiger partial charge in [-0.2, -0.15) is 10.2 Å². The molecule has 2 aromatic heterocycles. The summed E-state index contributed by atoms with van der Waals surface area (Å²) in [6, 6.07) is 9.67. The molecule has 0 saturated carbocycles. The molecule has 0 aliphatic carbocycles. The fourth-order valence-corrected chi connectivity index (χ4v) is 2.66. The first kappa shape index (κ1) is 16.5. The van der Waals surface area contributed by atoms with E-state index in [9.17, 15) is 0 Å². The molecule has 0 radical (unpaired) electrons. The zero-order valence-corrected chi connectivity index (χ0v) is 14.7. The molecule has 6 nitrogen and oxygen atoms in total. The van der Waals surface area contributed by atoms with Gasteiger partial charge in [0.2, 0.25) is 0 Å². The number of benzene rings is 1. The van der Waals surface area contributed by atoms with Gasteiger partial charge in [-0.3, -0.25) is 9.36 Å². The van der Waals surface area contributed by atoms with Crippen molar-refractivity contribution in [2.45, 2.75) is 13.1 Å². The zero-order valence-electron chi connectivity index (χ0n) is 13.1. The predicted molar refractivity (Wildman–Crippen MR) is 99.0 cm³/mol. The molecule has 0 aliphatic heterocycles. The predicted octanol–water partition coefficient (Wildman–Crippen LogP) is 2.80. The van der Waals surface area contributed by atoms with Gasteiger partial charge in [0.1, 0.15) is 0 Å². The molecule has 0 fully saturated rings. The topological polar surface area (TPSA) is 59.7 Å². The molecule has 2 N–H and O–H groups in total. The number of nitrogens with one attached hydrogen (secondary N) is 2. The highest BCUT2D eigenvalue weighted by Gasteiger charge is 2.04. The van der Waals surface area contributed by atoms with Crippen LogP contribution >= 0.6 is 23.8 Å². The van der Waals surface area contributed by atoms with Gasteiger partial charge in [0, 0.05) is 24.5 Å². The van der Waals surface area contributed by atoms with Gasteiger partial charge >= 0.3 is 0 Å². The molecule has 0 unspecified atom stereocenters. The molecular weight excluding hydrogens is 344 g/mol. The monoisotopic (exact) mass is 360 g/mol. The summed E-state index contributed by atoms with van der Waals surface area (Å²) < 4.78 is 3.64. The van der Waals surface area contributed by atoms with Crippen LogP contribution in [0.1, 0.15) is 11.3 Å². The standard InChI is InChI=1S/C16H17ClN6S/c1-22-15(5-6-19-22)9-18-16(24)21-14-8-20-23(11-14)10-12-3-2-4-13(17)7-12/h2-8,11H,9-10H2,1H3,(H2,18,21,24). The molecule has 8 heteroatoms. The normalized spacial score (nSPS) is 10.6. The average Bonchev–Trinajstić information content (AvgIpc) is 3.14. The Morgan fingerprint density at radius 2 is 2.17 bits per heavy atom. The highest BCUT2D eigenvalue weighted by atomic mass is 35.5. The third-order valence-electron chi connectivity index (χ3n) is 3.48. The first-order valence-corrected chi connectivity index (χ1v) is 8.17. The molecule has 1 aromatic carbocycles.